The number of hydrogen-bond acceptors (Lipinski definition) is 5. The average molecular weight is 406 g/mol. The molecule has 3 rings (SSSR count). The van der Waals surface area contributed by atoms with E-state index in [9.17, 15) is 18.6 Å². The van der Waals surface area contributed by atoms with Crippen LogP contribution >= 0.6 is 0 Å². The summed E-state index contributed by atoms with van der Waals surface area (Å²) >= 11 is 0. The molecular formula is C21H27NO5S. The van der Waals surface area contributed by atoms with E-state index in [0.717, 1.165) is 0 Å². The zero-order valence-electron chi connectivity index (χ0n) is 16.1. The molecule has 3 aromatic rings. The molecule has 7 heteroatoms. The van der Waals surface area contributed by atoms with Gasteiger partial charge in [0, 0.05) is 18.7 Å². The highest BCUT2D eigenvalue weighted by Crippen LogP contribution is 2.29. The Labute approximate surface area is 165 Å². The van der Waals surface area contributed by atoms with Crippen LogP contribution in [-0.4, -0.2) is 48.2 Å². The summed E-state index contributed by atoms with van der Waals surface area (Å²) in [5.74, 6) is 0. The number of hydrogen-bond donors (Lipinski definition) is 4. The van der Waals surface area contributed by atoms with Crippen LogP contribution in [0.5, 0.6) is 0 Å². The molecule has 1 unspecified atom stereocenters. The fraction of sp³-hybridized carbons (Fsp3) is 0.333. The Morgan fingerprint density at radius 3 is 2.07 bits per heavy atom. The summed E-state index contributed by atoms with van der Waals surface area (Å²) in [6.45, 7) is 2.65. The second kappa shape index (κ2) is 9.45. The lowest BCUT2D eigenvalue weighted by Gasteiger charge is -2.28. The largest absolute Gasteiger partial charge is 0.396 e. The van der Waals surface area contributed by atoms with Crippen molar-refractivity contribution in [3.63, 3.8) is 0 Å². The SMILES string of the molecule is CC(CO)(CCO)NCc1cc2ccccc2c2ccccc12.CS(=O)(=O)O. The summed E-state index contributed by atoms with van der Waals surface area (Å²) in [6.07, 6.45) is 1.24. The fourth-order valence-corrected chi connectivity index (χ4v) is 3.06. The molecule has 0 spiro atoms. The van der Waals surface area contributed by atoms with Crippen molar-refractivity contribution in [2.24, 2.45) is 0 Å². The molecule has 0 aliphatic carbocycles. The van der Waals surface area contributed by atoms with Crippen molar-refractivity contribution < 1.29 is 23.2 Å². The first kappa shape index (κ1) is 22.3. The van der Waals surface area contributed by atoms with Gasteiger partial charge in [-0.1, -0.05) is 48.5 Å². The van der Waals surface area contributed by atoms with E-state index >= 15 is 0 Å². The second-order valence-corrected chi connectivity index (χ2v) is 8.55. The number of aliphatic hydroxyl groups excluding tert-OH is 2. The molecule has 0 radical (unpaired) electrons. The Hall–Kier alpha value is -2.03. The van der Waals surface area contributed by atoms with Gasteiger partial charge in [-0.25, -0.2) is 0 Å². The Morgan fingerprint density at radius 1 is 0.964 bits per heavy atom. The minimum atomic E-state index is -3.67. The van der Waals surface area contributed by atoms with Gasteiger partial charge in [-0.2, -0.15) is 8.42 Å². The molecule has 6 nitrogen and oxygen atoms in total. The lowest BCUT2D eigenvalue weighted by Crippen LogP contribution is -2.46. The van der Waals surface area contributed by atoms with E-state index in [-0.39, 0.29) is 13.2 Å². The Kier molecular flexibility index (Phi) is 7.51. The van der Waals surface area contributed by atoms with Gasteiger partial charge in [0.25, 0.3) is 10.1 Å². The van der Waals surface area contributed by atoms with Crippen LogP contribution in [0.4, 0.5) is 0 Å². The quantitative estimate of drug-likeness (QED) is 0.371. The van der Waals surface area contributed by atoms with Gasteiger partial charge >= 0.3 is 0 Å². The van der Waals surface area contributed by atoms with Gasteiger partial charge in [0.1, 0.15) is 0 Å². The summed E-state index contributed by atoms with van der Waals surface area (Å²) < 4.78 is 25.9. The topological polar surface area (TPSA) is 107 Å². The van der Waals surface area contributed by atoms with Crippen molar-refractivity contribution in [3.05, 3.63) is 60.2 Å². The van der Waals surface area contributed by atoms with Crippen LogP contribution in [0, 0.1) is 0 Å². The molecule has 0 saturated heterocycles. The summed E-state index contributed by atoms with van der Waals surface area (Å²) in [6, 6.07) is 19.0. The van der Waals surface area contributed by atoms with E-state index in [1.54, 1.807) is 0 Å². The summed E-state index contributed by atoms with van der Waals surface area (Å²) in [5, 5.41) is 27.2. The molecule has 152 valence electrons. The first-order valence-corrected chi connectivity index (χ1v) is 10.8. The second-order valence-electron chi connectivity index (χ2n) is 7.08. The monoisotopic (exact) mass is 405 g/mol. The van der Waals surface area contributed by atoms with E-state index < -0.39 is 15.7 Å². The van der Waals surface area contributed by atoms with Crippen molar-refractivity contribution in [1.29, 1.82) is 0 Å². The van der Waals surface area contributed by atoms with Crippen molar-refractivity contribution >= 4 is 31.7 Å². The van der Waals surface area contributed by atoms with Crippen LogP contribution in [0.15, 0.2) is 54.6 Å². The van der Waals surface area contributed by atoms with E-state index in [4.69, 9.17) is 4.55 Å². The minimum Gasteiger partial charge on any atom is -0.396 e. The average Bonchev–Trinajstić information content (AvgIpc) is 2.65. The molecule has 0 bridgehead atoms. The van der Waals surface area contributed by atoms with Gasteiger partial charge in [0.15, 0.2) is 0 Å². The van der Waals surface area contributed by atoms with Gasteiger partial charge in [-0.3, -0.25) is 4.55 Å². The van der Waals surface area contributed by atoms with Crippen molar-refractivity contribution in [2.45, 2.75) is 25.4 Å². The number of benzene rings is 3. The van der Waals surface area contributed by atoms with E-state index in [2.05, 4.69) is 59.9 Å². The molecular weight excluding hydrogens is 378 g/mol. The Bertz CT molecular complexity index is 1030. The van der Waals surface area contributed by atoms with Gasteiger partial charge in [0.2, 0.25) is 0 Å². The predicted molar refractivity (Wildman–Crippen MR) is 113 cm³/mol. The third-order valence-corrected chi connectivity index (χ3v) is 4.57. The highest BCUT2D eigenvalue weighted by molar-refractivity contribution is 7.85. The molecule has 1 atom stereocenters. The minimum absolute atomic E-state index is 0.000919. The van der Waals surface area contributed by atoms with Crippen molar-refractivity contribution in [3.8, 4) is 0 Å². The lowest BCUT2D eigenvalue weighted by molar-refractivity contribution is 0.137. The number of aliphatic hydroxyl groups is 2. The van der Waals surface area contributed by atoms with Crippen LogP contribution < -0.4 is 5.32 Å². The van der Waals surface area contributed by atoms with Crippen LogP contribution in [0.1, 0.15) is 18.9 Å². The van der Waals surface area contributed by atoms with E-state index in [1.807, 2.05) is 6.92 Å². The number of rotatable bonds is 6. The van der Waals surface area contributed by atoms with E-state index in [0.29, 0.717) is 19.2 Å². The molecule has 0 aliphatic heterocycles. The summed E-state index contributed by atoms with van der Waals surface area (Å²) in [5.41, 5.74) is 0.735. The maximum Gasteiger partial charge on any atom is 0.261 e. The zero-order chi connectivity index (χ0) is 20.8. The molecule has 0 aliphatic rings. The first-order chi connectivity index (χ1) is 13.2. The predicted octanol–water partition coefficient (Wildman–Crippen LogP) is 2.72. The van der Waals surface area contributed by atoms with Gasteiger partial charge in [-0.05, 0) is 46.5 Å². The fourth-order valence-electron chi connectivity index (χ4n) is 3.06. The Balaban J connectivity index is 0.000000500. The normalized spacial score (nSPS) is 13.8. The Morgan fingerprint density at radius 2 is 1.50 bits per heavy atom. The van der Waals surface area contributed by atoms with Gasteiger partial charge in [-0.15, -0.1) is 0 Å². The lowest BCUT2D eigenvalue weighted by atomic mass is 9.95. The molecule has 3 aromatic carbocycles. The van der Waals surface area contributed by atoms with Crippen LogP contribution in [0.25, 0.3) is 21.5 Å². The van der Waals surface area contributed by atoms with E-state index in [1.165, 1.54) is 27.1 Å². The first-order valence-electron chi connectivity index (χ1n) is 8.95. The molecule has 0 heterocycles. The maximum atomic E-state index is 9.61. The molecule has 0 amide bonds. The molecule has 28 heavy (non-hydrogen) atoms. The van der Waals surface area contributed by atoms with Crippen LogP contribution in [-0.2, 0) is 16.7 Å². The van der Waals surface area contributed by atoms with Gasteiger partial charge < -0.3 is 15.5 Å². The smallest absolute Gasteiger partial charge is 0.261 e. The van der Waals surface area contributed by atoms with Crippen molar-refractivity contribution in [2.75, 3.05) is 19.5 Å². The number of nitrogens with one attached hydrogen (secondary N) is 1. The van der Waals surface area contributed by atoms with Crippen LogP contribution in [0.3, 0.4) is 0 Å². The van der Waals surface area contributed by atoms with Gasteiger partial charge in [0.05, 0.1) is 12.9 Å². The summed E-state index contributed by atoms with van der Waals surface area (Å²) in [4.78, 5) is 0. The molecule has 0 saturated carbocycles. The molecule has 0 aromatic heterocycles. The third kappa shape index (κ3) is 6.25. The third-order valence-electron chi connectivity index (χ3n) is 4.57. The molecule has 4 N–H and O–H groups in total. The zero-order valence-corrected chi connectivity index (χ0v) is 16.9. The highest BCUT2D eigenvalue weighted by atomic mass is 32.2. The number of fused-ring (bicyclic) bond motifs is 3. The summed E-state index contributed by atoms with van der Waals surface area (Å²) in [7, 11) is -3.67. The van der Waals surface area contributed by atoms with Crippen molar-refractivity contribution in [1.82, 2.24) is 5.32 Å². The highest BCUT2D eigenvalue weighted by Gasteiger charge is 2.22. The molecule has 0 fully saturated rings. The standard InChI is InChI=1S/C20H23NO2.CH4O3S/c1-20(14-23,10-11-22)21-13-16-12-15-6-2-3-7-17(15)19-9-5-4-8-18(16)19;1-5(2,3)4/h2-9,12,21-23H,10-11,13-14H2,1H3;1H3,(H,2,3,4). The van der Waals surface area contributed by atoms with Crippen LogP contribution in [0.2, 0.25) is 0 Å². The maximum absolute atomic E-state index is 9.61.